The van der Waals surface area contributed by atoms with Crippen LogP contribution in [0.3, 0.4) is 0 Å². The summed E-state index contributed by atoms with van der Waals surface area (Å²) in [5.41, 5.74) is 6.15. The van der Waals surface area contributed by atoms with Crippen LogP contribution >= 0.6 is 0 Å². The monoisotopic (exact) mass is 249 g/mol. The van der Waals surface area contributed by atoms with Crippen LogP contribution in [0.4, 0.5) is 13.2 Å². The first-order valence-corrected chi connectivity index (χ1v) is 5.06. The van der Waals surface area contributed by atoms with Gasteiger partial charge in [-0.15, -0.1) is 0 Å². The third-order valence-corrected chi connectivity index (χ3v) is 1.83. The molecule has 3 N–H and O–H groups in total. The molecule has 0 bridgehead atoms. The van der Waals surface area contributed by atoms with E-state index in [0.29, 0.717) is 19.6 Å². The normalized spacial score (nSPS) is 11.5. The highest BCUT2D eigenvalue weighted by molar-refractivity contribution is 5.17. The molecule has 0 unspecified atom stereocenters. The van der Waals surface area contributed by atoms with Gasteiger partial charge < -0.3 is 15.8 Å². The Labute approximate surface area is 97.0 Å². The van der Waals surface area contributed by atoms with E-state index in [0.717, 1.165) is 5.56 Å². The van der Waals surface area contributed by atoms with E-state index >= 15 is 0 Å². The molecule has 17 heavy (non-hydrogen) atoms. The van der Waals surface area contributed by atoms with Crippen LogP contribution in [0.5, 0.6) is 5.88 Å². The molecule has 0 aliphatic heterocycles. The number of nitrogens with one attached hydrogen (secondary N) is 1. The lowest BCUT2D eigenvalue weighted by Gasteiger charge is -2.08. The van der Waals surface area contributed by atoms with Gasteiger partial charge in [-0.2, -0.15) is 13.2 Å². The number of hydrogen-bond acceptors (Lipinski definition) is 4. The summed E-state index contributed by atoms with van der Waals surface area (Å²) in [4.78, 5) is 3.77. The van der Waals surface area contributed by atoms with Crippen molar-refractivity contribution in [1.29, 1.82) is 0 Å². The predicted octanol–water partition coefficient (Wildman–Crippen LogP) is 1.07. The van der Waals surface area contributed by atoms with Crippen molar-refractivity contribution in [2.24, 2.45) is 5.73 Å². The minimum Gasteiger partial charge on any atom is -0.468 e. The second kappa shape index (κ2) is 6.41. The summed E-state index contributed by atoms with van der Waals surface area (Å²) >= 11 is 0. The summed E-state index contributed by atoms with van der Waals surface area (Å²) in [6.45, 7) is 0.445. The van der Waals surface area contributed by atoms with Crippen molar-refractivity contribution in [2.45, 2.75) is 12.7 Å². The van der Waals surface area contributed by atoms with Crippen molar-refractivity contribution >= 4 is 0 Å². The number of rotatable bonds is 6. The van der Waals surface area contributed by atoms with Gasteiger partial charge in [-0.05, 0) is 5.56 Å². The van der Waals surface area contributed by atoms with Gasteiger partial charge in [0, 0.05) is 31.9 Å². The molecule has 0 fully saturated rings. The zero-order valence-corrected chi connectivity index (χ0v) is 9.13. The molecule has 96 valence electrons. The van der Waals surface area contributed by atoms with E-state index in [-0.39, 0.29) is 5.88 Å². The SMILES string of the molecule is NCCNCc1ccc(OCC(F)(F)F)nc1. The van der Waals surface area contributed by atoms with Crippen molar-refractivity contribution in [3.05, 3.63) is 23.9 Å². The van der Waals surface area contributed by atoms with Gasteiger partial charge in [0.15, 0.2) is 6.61 Å². The second-order valence-electron chi connectivity index (χ2n) is 3.37. The quantitative estimate of drug-likeness (QED) is 0.740. The summed E-state index contributed by atoms with van der Waals surface area (Å²) in [6.07, 6.45) is -2.88. The summed E-state index contributed by atoms with van der Waals surface area (Å²) in [7, 11) is 0. The molecule has 0 atom stereocenters. The highest BCUT2D eigenvalue weighted by Crippen LogP contribution is 2.16. The lowest BCUT2D eigenvalue weighted by Crippen LogP contribution is -2.22. The topological polar surface area (TPSA) is 60.2 Å². The van der Waals surface area contributed by atoms with Crippen molar-refractivity contribution in [3.8, 4) is 5.88 Å². The van der Waals surface area contributed by atoms with E-state index in [4.69, 9.17) is 5.73 Å². The average molecular weight is 249 g/mol. The summed E-state index contributed by atoms with van der Waals surface area (Å²) in [5, 5.41) is 3.04. The standard InChI is InChI=1S/C10H14F3N3O/c11-10(12,13)7-17-9-2-1-8(6-16-9)5-15-4-3-14/h1-2,6,15H,3-5,7,14H2. The molecule has 1 aromatic heterocycles. The van der Waals surface area contributed by atoms with Gasteiger partial charge in [0.05, 0.1) is 0 Å². The van der Waals surface area contributed by atoms with Crippen LogP contribution in [-0.2, 0) is 6.54 Å². The summed E-state index contributed by atoms with van der Waals surface area (Å²) < 4.78 is 40.0. The molecular formula is C10H14F3N3O. The van der Waals surface area contributed by atoms with Crippen molar-refractivity contribution in [2.75, 3.05) is 19.7 Å². The first-order chi connectivity index (χ1) is 8.01. The predicted molar refractivity (Wildman–Crippen MR) is 56.5 cm³/mol. The molecule has 0 amide bonds. The third-order valence-electron chi connectivity index (χ3n) is 1.83. The van der Waals surface area contributed by atoms with Gasteiger partial charge in [-0.3, -0.25) is 0 Å². The van der Waals surface area contributed by atoms with Crippen LogP contribution in [0.1, 0.15) is 5.56 Å². The molecule has 4 nitrogen and oxygen atoms in total. The highest BCUT2D eigenvalue weighted by atomic mass is 19.4. The van der Waals surface area contributed by atoms with E-state index in [1.54, 1.807) is 6.07 Å². The van der Waals surface area contributed by atoms with Crippen LogP contribution in [-0.4, -0.2) is 30.9 Å². The minimum atomic E-state index is -4.34. The average Bonchev–Trinajstić information content (AvgIpc) is 2.27. The molecule has 0 saturated carbocycles. The highest BCUT2D eigenvalue weighted by Gasteiger charge is 2.28. The van der Waals surface area contributed by atoms with Crippen LogP contribution in [0.25, 0.3) is 0 Å². The van der Waals surface area contributed by atoms with E-state index in [2.05, 4.69) is 15.0 Å². The van der Waals surface area contributed by atoms with Gasteiger partial charge in [0.1, 0.15) is 0 Å². The number of pyridine rings is 1. The molecule has 0 radical (unpaired) electrons. The lowest BCUT2D eigenvalue weighted by atomic mass is 10.3. The zero-order chi connectivity index (χ0) is 12.7. The third kappa shape index (κ3) is 6.08. The van der Waals surface area contributed by atoms with Crippen LogP contribution < -0.4 is 15.8 Å². The molecule has 1 aromatic rings. The number of nitrogens with two attached hydrogens (primary N) is 1. The van der Waals surface area contributed by atoms with Crippen molar-refractivity contribution < 1.29 is 17.9 Å². The molecule has 1 heterocycles. The number of nitrogens with zero attached hydrogens (tertiary/aromatic N) is 1. The lowest BCUT2D eigenvalue weighted by molar-refractivity contribution is -0.154. The van der Waals surface area contributed by atoms with Crippen LogP contribution in [0, 0.1) is 0 Å². The first-order valence-electron chi connectivity index (χ1n) is 5.06. The van der Waals surface area contributed by atoms with Crippen LogP contribution in [0.2, 0.25) is 0 Å². The molecule has 0 spiro atoms. The Morgan fingerprint density at radius 2 is 2.12 bits per heavy atom. The molecular weight excluding hydrogens is 235 g/mol. The van der Waals surface area contributed by atoms with Gasteiger partial charge >= 0.3 is 6.18 Å². The van der Waals surface area contributed by atoms with Gasteiger partial charge in [-0.1, -0.05) is 6.07 Å². The smallest absolute Gasteiger partial charge is 0.422 e. The molecule has 0 aliphatic rings. The maximum Gasteiger partial charge on any atom is 0.422 e. The van der Waals surface area contributed by atoms with Gasteiger partial charge in [-0.25, -0.2) is 4.98 Å². The molecule has 0 aliphatic carbocycles. The fourth-order valence-electron chi connectivity index (χ4n) is 1.09. The van der Waals surface area contributed by atoms with Crippen molar-refractivity contribution in [3.63, 3.8) is 0 Å². The molecule has 7 heteroatoms. The number of hydrogen-bond donors (Lipinski definition) is 2. The fourth-order valence-corrected chi connectivity index (χ4v) is 1.09. The summed E-state index contributed by atoms with van der Waals surface area (Å²) in [5.74, 6) is -0.0371. The van der Waals surface area contributed by atoms with E-state index < -0.39 is 12.8 Å². The Balaban J connectivity index is 2.39. The Bertz CT molecular complexity index is 327. The number of halogens is 3. The fraction of sp³-hybridized carbons (Fsp3) is 0.500. The Morgan fingerprint density at radius 1 is 1.35 bits per heavy atom. The summed E-state index contributed by atoms with van der Waals surface area (Å²) in [6, 6.07) is 3.06. The first kappa shape index (κ1) is 13.7. The Morgan fingerprint density at radius 3 is 2.65 bits per heavy atom. The second-order valence-corrected chi connectivity index (χ2v) is 3.37. The maximum absolute atomic E-state index is 11.9. The molecule has 0 saturated heterocycles. The molecule has 0 aromatic carbocycles. The minimum absolute atomic E-state index is 0.0371. The molecule has 1 rings (SSSR count). The van der Waals surface area contributed by atoms with E-state index in [1.807, 2.05) is 0 Å². The Kier molecular flexibility index (Phi) is 5.17. The largest absolute Gasteiger partial charge is 0.468 e. The van der Waals surface area contributed by atoms with Crippen LogP contribution in [0.15, 0.2) is 18.3 Å². The Hall–Kier alpha value is -1.34. The van der Waals surface area contributed by atoms with Gasteiger partial charge in [0.2, 0.25) is 5.88 Å². The van der Waals surface area contributed by atoms with E-state index in [1.165, 1.54) is 12.3 Å². The van der Waals surface area contributed by atoms with E-state index in [9.17, 15) is 13.2 Å². The zero-order valence-electron chi connectivity index (χ0n) is 9.13. The van der Waals surface area contributed by atoms with Crippen molar-refractivity contribution in [1.82, 2.24) is 10.3 Å². The number of alkyl halides is 3. The number of aromatic nitrogens is 1. The maximum atomic E-state index is 11.9. The number of ether oxygens (including phenoxy) is 1. The van der Waals surface area contributed by atoms with Gasteiger partial charge in [0.25, 0.3) is 0 Å².